The lowest BCUT2D eigenvalue weighted by Crippen LogP contribution is -2.14. The highest BCUT2D eigenvalue weighted by Crippen LogP contribution is 2.23. The Morgan fingerprint density at radius 1 is 1.21 bits per heavy atom. The van der Waals surface area contributed by atoms with Gasteiger partial charge in [-0.05, 0) is 42.8 Å². The van der Waals surface area contributed by atoms with Crippen molar-refractivity contribution in [3.63, 3.8) is 0 Å². The lowest BCUT2D eigenvalue weighted by atomic mass is 10.1. The molecule has 0 heterocycles. The van der Waals surface area contributed by atoms with E-state index in [1.807, 2.05) is 0 Å². The summed E-state index contributed by atoms with van der Waals surface area (Å²) >= 11 is 0. The van der Waals surface area contributed by atoms with E-state index in [4.69, 9.17) is 10.5 Å². The molecular weight excluding hydrogens is 328 g/mol. The average Bonchev–Trinajstić information content (AvgIpc) is 2.54. The number of hydrogen-bond acceptors (Lipinski definition) is 5. The van der Waals surface area contributed by atoms with Gasteiger partial charge in [-0.3, -0.25) is 9.52 Å². The Morgan fingerprint density at radius 2 is 1.92 bits per heavy atom. The van der Waals surface area contributed by atoms with Crippen LogP contribution in [0, 0.1) is 0 Å². The Morgan fingerprint density at radius 3 is 2.58 bits per heavy atom. The maximum atomic E-state index is 12.4. The van der Waals surface area contributed by atoms with Gasteiger partial charge in [-0.25, -0.2) is 8.42 Å². The van der Waals surface area contributed by atoms with Gasteiger partial charge < -0.3 is 10.5 Å². The molecule has 0 aliphatic rings. The molecule has 3 N–H and O–H groups in total. The highest BCUT2D eigenvalue weighted by molar-refractivity contribution is 7.92. The molecule has 1 unspecified atom stereocenters. The van der Waals surface area contributed by atoms with Crippen molar-refractivity contribution in [2.45, 2.75) is 31.3 Å². The molecule has 0 amide bonds. The van der Waals surface area contributed by atoms with E-state index in [1.165, 1.54) is 12.1 Å². The third-order valence-corrected chi connectivity index (χ3v) is 4.75. The Balaban J connectivity index is 2.21. The fraction of sp³-hybridized carbons (Fsp3) is 0.235. The number of carbonyl (C=O) groups is 1. The van der Waals surface area contributed by atoms with E-state index >= 15 is 0 Å². The normalized spacial score (nSPS) is 12.4. The van der Waals surface area contributed by atoms with E-state index in [2.05, 4.69) is 4.72 Å². The largest absolute Gasteiger partial charge is 0.458 e. The van der Waals surface area contributed by atoms with Crippen molar-refractivity contribution in [3.05, 3.63) is 54.1 Å². The first kappa shape index (κ1) is 17.8. The first-order valence-electron chi connectivity index (χ1n) is 7.49. The van der Waals surface area contributed by atoms with E-state index in [1.54, 1.807) is 50.2 Å². The fourth-order valence-electron chi connectivity index (χ4n) is 2.10. The van der Waals surface area contributed by atoms with Gasteiger partial charge in [0.05, 0.1) is 4.90 Å². The molecule has 0 saturated carbocycles. The minimum Gasteiger partial charge on any atom is -0.458 e. The molecule has 0 aromatic heterocycles. The zero-order valence-electron chi connectivity index (χ0n) is 13.5. The second-order valence-electron chi connectivity index (χ2n) is 5.29. The van der Waals surface area contributed by atoms with Crippen LogP contribution in [0.4, 0.5) is 11.4 Å². The predicted molar refractivity (Wildman–Crippen MR) is 92.9 cm³/mol. The van der Waals surface area contributed by atoms with Crippen molar-refractivity contribution in [2.75, 3.05) is 10.5 Å². The predicted octanol–water partition coefficient (Wildman–Crippen LogP) is 3.08. The molecule has 2 aromatic rings. The number of benzene rings is 2. The van der Waals surface area contributed by atoms with E-state index in [0.717, 1.165) is 0 Å². The van der Waals surface area contributed by atoms with Crippen LogP contribution >= 0.6 is 0 Å². The average molecular weight is 348 g/mol. The van der Waals surface area contributed by atoms with Gasteiger partial charge >= 0.3 is 5.97 Å². The molecule has 1 atom stereocenters. The zero-order valence-corrected chi connectivity index (χ0v) is 14.3. The number of anilines is 2. The second-order valence-corrected chi connectivity index (χ2v) is 6.97. The van der Waals surface area contributed by atoms with Gasteiger partial charge in [0.25, 0.3) is 10.0 Å². The highest BCUT2D eigenvalue weighted by Gasteiger charge is 2.16. The van der Waals surface area contributed by atoms with Crippen LogP contribution in [0.15, 0.2) is 53.4 Å². The van der Waals surface area contributed by atoms with Gasteiger partial charge in [-0.2, -0.15) is 0 Å². The van der Waals surface area contributed by atoms with Gasteiger partial charge in [0, 0.05) is 17.8 Å². The maximum Gasteiger partial charge on any atom is 0.306 e. The number of nitrogen functional groups attached to an aromatic ring is 1. The summed E-state index contributed by atoms with van der Waals surface area (Å²) in [6.45, 7) is 3.45. The van der Waals surface area contributed by atoms with Gasteiger partial charge in [0.2, 0.25) is 0 Å². The number of nitrogens with two attached hydrogens (primary N) is 1. The van der Waals surface area contributed by atoms with Gasteiger partial charge in [0.15, 0.2) is 0 Å². The standard InChI is InChI=1S/C17H20N2O4S/c1-3-17(20)23-12(2)13-6-4-8-15(10-13)19-24(21,22)16-9-5-7-14(18)11-16/h4-12,19H,3,18H2,1-2H3. The highest BCUT2D eigenvalue weighted by atomic mass is 32.2. The Labute approximate surface area is 141 Å². The van der Waals surface area contributed by atoms with E-state index in [-0.39, 0.29) is 17.3 Å². The number of carbonyl (C=O) groups excluding carboxylic acids is 1. The van der Waals surface area contributed by atoms with Crippen LogP contribution in [0.25, 0.3) is 0 Å². The third-order valence-electron chi connectivity index (χ3n) is 3.37. The molecule has 0 saturated heterocycles. The lowest BCUT2D eigenvalue weighted by molar-refractivity contribution is -0.148. The van der Waals surface area contributed by atoms with Crippen LogP contribution in [0.5, 0.6) is 0 Å². The minimum absolute atomic E-state index is 0.0818. The van der Waals surface area contributed by atoms with Crippen LogP contribution in [0.2, 0.25) is 0 Å². The summed E-state index contributed by atoms with van der Waals surface area (Å²) in [5.74, 6) is -0.312. The zero-order chi connectivity index (χ0) is 17.7. The van der Waals surface area contributed by atoms with Crippen LogP contribution < -0.4 is 10.5 Å². The summed E-state index contributed by atoms with van der Waals surface area (Å²) in [7, 11) is -3.74. The summed E-state index contributed by atoms with van der Waals surface area (Å²) in [5.41, 5.74) is 7.08. The lowest BCUT2D eigenvalue weighted by Gasteiger charge is -2.15. The molecule has 0 spiro atoms. The summed E-state index contributed by atoms with van der Waals surface area (Å²) in [6, 6.07) is 12.8. The van der Waals surface area contributed by atoms with Crippen molar-refractivity contribution >= 4 is 27.4 Å². The first-order valence-corrected chi connectivity index (χ1v) is 8.98. The molecule has 0 bridgehead atoms. The SMILES string of the molecule is CCC(=O)OC(C)c1cccc(NS(=O)(=O)c2cccc(N)c2)c1. The molecule has 0 aliphatic heterocycles. The molecular formula is C17H20N2O4S. The van der Waals surface area contributed by atoms with Crippen LogP contribution in [0.1, 0.15) is 31.9 Å². The van der Waals surface area contributed by atoms with Gasteiger partial charge in [-0.15, -0.1) is 0 Å². The topological polar surface area (TPSA) is 98.5 Å². The van der Waals surface area contributed by atoms with Crippen molar-refractivity contribution in [1.82, 2.24) is 0 Å². The molecule has 6 nitrogen and oxygen atoms in total. The van der Waals surface area contributed by atoms with Gasteiger partial charge in [0.1, 0.15) is 6.10 Å². The van der Waals surface area contributed by atoms with Crippen LogP contribution in [0.3, 0.4) is 0 Å². The van der Waals surface area contributed by atoms with E-state index in [0.29, 0.717) is 16.9 Å². The number of esters is 1. The molecule has 7 heteroatoms. The van der Waals surface area contributed by atoms with Crippen molar-refractivity contribution in [1.29, 1.82) is 0 Å². The molecule has 2 aromatic carbocycles. The van der Waals surface area contributed by atoms with Crippen molar-refractivity contribution < 1.29 is 17.9 Å². The smallest absolute Gasteiger partial charge is 0.306 e. The molecule has 0 fully saturated rings. The Kier molecular flexibility index (Phi) is 5.46. The third kappa shape index (κ3) is 4.48. The number of nitrogens with one attached hydrogen (secondary N) is 1. The minimum atomic E-state index is -3.74. The summed E-state index contributed by atoms with van der Waals surface area (Å²) in [6.07, 6.45) is -0.180. The van der Waals surface area contributed by atoms with Gasteiger partial charge in [-0.1, -0.05) is 25.1 Å². The first-order chi connectivity index (χ1) is 11.3. The molecule has 128 valence electrons. The maximum absolute atomic E-state index is 12.4. The monoisotopic (exact) mass is 348 g/mol. The van der Waals surface area contributed by atoms with Crippen molar-refractivity contribution in [2.24, 2.45) is 0 Å². The summed E-state index contributed by atoms with van der Waals surface area (Å²) in [5, 5.41) is 0. The number of sulfonamides is 1. The van der Waals surface area contributed by atoms with Crippen LogP contribution in [-0.2, 0) is 19.6 Å². The Hall–Kier alpha value is -2.54. The number of rotatable bonds is 6. The van der Waals surface area contributed by atoms with E-state index in [9.17, 15) is 13.2 Å². The summed E-state index contributed by atoms with van der Waals surface area (Å²) < 4.78 is 32.6. The molecule has 24 heavy (non-hydrogen) atoms. The molecule has 2 rings (SSSR count). The molecule has 0 radical (unpaired) electrons. The fourth-order valence-corrected chi connectivity index (χ4v) is 3.20. The van der Waals surface area contributed by atoms with E-state index < -0.39 is 16.1 Å². The van der Waals surface area contributed by atoms with Crippen molar-refractivity contribution in [3.8, 4) is 0 Å². The summed E-state index contributed by atoms with van der Waals surface area (Å²) in [4.78, 5) is 11.5. The second kappa shape index (κ2) is 7.35. The molecule has 0 aliphatic carbocycles. The number of hydrogen-bond donors (Lipinski definition) is 2. The van der Waals surface area contributed by atoms with Crippen LogP contribution in [-0.4, -0.2) is 14.4 Å². The number of ether oxygens (including phenoxy) is 1. The quantitative estimate of drug-likeness (QED) is 0.617. The Bertz CT molecular complexity index is 834.